The predicted octanol–water partition coefficient (Wildman–Crippen LogP) is 3.79. The van der Waals surface area contributed by atoms with Gasteiger partial charge in [-0.2, -0.15) is 0 Å². The van der Waals surface area contributed by atoms with Crippen molar-refractivity contribution >= 4 is 11.7 Å². The van der Waals surface area contributed by atoms with E-state index in [0.717, 1.165) is 11.3 Å². The van der Waals surface area contributed by atoms with Gasteiger partial charge in [0.1, 0.15) is 0 Å². The van der Waals surface area contributed by atoms with Gasteiger partial charge in [0.05, 0.1) is 19.8 Å². The van der Waals surface area contributed by atoms with Crippen molar-refractivity contribution < 1.29 is 19.4 Å². The number of carboxylic acids is 1. The monoisotopic (exact) mass is 329 g/mol. The molecular formula is C19H23NO4. The van der Waals surface area contributed by atoms with Crippen LogP contribution in [0.3, 0.4) is 0 Å². The Balaban J connectivity index is 2.11. The highest BCUT2D eigenvalue weighted by molar-refractivity contribution is 5.88. The van der Waals surface area contributed by atoms with Crippen molar-refractivity contribution in [1.29, 1.82) is 0 Å². The molecule has 0 unspecified atom stereocenters. The second-order valence-electron chi connectivity index (χ2n) is 6.19. The lowest BCUT2D eigenvalue weighted by molar-refractivity contribution is 0.0697. The number of ether oxygens (including phenoxy) is 2. The molecule has 128 valence electrons. The van der Waals surface area contributed by atoms with Gasteiger partial charge in [-0.3, -0.25) is 0 Å². The molecule has 24 heavy (non-hydrogen) atoms. The minimum atomic E-state index is -0.924. The lowest BCUT2D eigenvalue weighted by Crippen LogP contribution is -2.27. The van der Waals surface area contributed by atoms with E-state index in [-0.39, 0.29) is 11.0 Å². The van der Waals surface area contributed by atoms with Gasteiger partial charge >= 0.3 is 5.97 Å². The molecule has 2 N–H and O–H groups in total. The fourth-order valence-electron chi connectivity index (χ4n) is 2.41. The first-order valence-electron chi connectivity index (χ1n) is 7.67. The third kappa shape index (κ3) is 3.98. The van der Waals surface area contributed by atoms with Crippen molar-refractivity contribution in [2.24, 2.45) is 0 Å². The van der Waals surface area contributed by atoms with Gasteiger partial charge < -0.3 is 19.9 Å². The molecule has 0 spiro atoms. The molecule has 5 heteroatoms. The van der Waals surface area contributed by atoms with Gasteiger partial charge in [0.25, 0.3) is 0 Å². The van der Waals surface area contributed by atoms with Crippen molar-refractivity contribution in [3.8, 4) is 11.5 Å². The minimum Gasteiger partial charge on any atom is -0.493 e. The summed E-state index contributed by atoms with van der Waals surface area (Å²) in [5.41, 5.74) is 2.13. The van der Waals surface area contributed by atoms with Gasteiger partial charge in [0.2, 0.25) is 0 Å². The van der Waals surface area contributed by atoms with E-state index in [4.69, 9.17) is 14.6 Å². The lowest BCUT2D eigenvalue weighted by Gasteiger charge is -2.27. The molecule has 2 aromatic carbocycles. The fourth-order valence-corrected chi connectivity index (χ4v) is 2.41. The maximum Gasteiger partial charge on any atom is 0.335 e. The molecule has 5 nitrogen and oxygen atoms in total. The number of carboxylic acid groups (broad SMARTS) is 1. The Morgan fingerprint density at radius 2 is 1.67 bits per heavy atom. The van der Waals surface area contributed by atoms with Gasteiger partial charge in [-0.1, -0.05) is 19.9 Å². The molecule has 0 aliphatic heterocycles. The van der Waals surface area contributed by atoms with Crippen LogP contribution >= 0.6 is 0 Å². The number of benzene rings is 2. The van der Waals surface area contributed by atoms with Crippen molar-refractivity contribution in [2.45, 2.75) is 19.3 Å². The van der Waals surface area contributed by atoms with E-state index >= 15 is 0 Å². The molecule has 2 aromatic rings. The Kier molecular flexibility index (Phi) is 5.34. The average Bonchev–Trinajstić information content (AvgIpc) is 2.59. The third-order valence-electron chi connectivity index (χ3n) is 4.03. The maximum atomic E-state index is 10.9. The zero-order chi connectivity index (χ0) is 17.7. The number of hydrogen-bond acceptors (Lipinski definition) is 4. The van der Waals surface area contributed by atoms with Gasteiger partial charge in [0, 0.05) is 17.6 Å². The van der Waals surface area contributed by atoms with Crippen molar-refractivity contribution in [2.75, 3.05) is 26.1 Å². The molecule has 0 aliphatic rings. The maximum absolute atomic E-state index is 10.9. The second-order valence-corrected chi connectivity index (χ2v) is 6.19. The van der Waals surface area contributed by atoms with E-state index in [0.29, 0.717) is 18.0 Å². The van der Waals surface area contributed by atoms with E-state index in [1.165, 1.54) is 0 Å². The molecule has 0 fully saturated rings. The largest absolute Gasteiger partial charge is 0.493 e. The zero-order valence-corrected chi connectivity index (χ0v) is 14.4. The Morgan fingerprint density at radius 1 is 1.04 bits per heavy atom. The van der Waals surface area contributed by atoms with Crippen LogP contribution in [-0.4, -0.2) is 31.8 Å². The van der Waals surface area contributed by atoms with Crippen LogP contribution < -0.4 is 14.8 Å². The first kappa shape index (κ1) is 17.7. The van der Waals surface area contributed by atoms with E-state index < -0.39 is 5.97 Å². The average molecular weight is 329 g/mol. The van der Waals surface area contributed by atoms with E-state index in [2.05, 4.69) is 19.2 Å². The van der Waals surface area contributed by atoms with Crippen LogP contribution in [0.5, 0.6) is 11.5 Å². The number of rotatable bonds is 7. The molecule has 0 atom stereocenters. The van der Waals surface area contributed by atoms with E-state index in [9.17, 15) is 4.79 Å². The Labute approximate surface area is 142 Å². The number of anilines is 1. The van der Waals surface area contributed by atoms with Gasteiger partial charge in [-0.25, -0.2) is 4.79 Å². The molecule has 0 aliphatic carbocycles. The summed E-state index contributed by atoms with van der Waals surface area (Å²) in [7, 11) is 3.24. The van der Waals surface area contributed by atoms with Crippen molar-refractivity contribution in [3.63, 3.8) is 0 Å². The van der Waals surface area contributed by atoms with Crippen LogP contribution in [0.2, 0.25) is 0 Å². The molecule has 0 radical (unpaired) electrons. The first-order chi connectivity index (χ1) is 11.4. The van der Waals surface area contributed by atoms with Gasteiger partial charge in [-0.05, 0) is 42.0 Å². The topological polar surface area (TPSA) is 67.8 Å². The van der Waals surface area contributed by atoms with Crippen LogP contribution in [0.4, 0.5) is 5.69 Å². The fraction of sp³-hybridized carbons (Fsp3) is 0.316. The third-order valence-corrected chi connectivity index (χ3v) is 4.03. The lowest BCUT2D eigenvalue weighted by atomic mass is 9.84. The van der Waals surface area contributed by atoms with Gasteiger partial charge in [-0.15, -0.1) is 0 Å². The second kappa shape index (κ2) is 7.25. The number of aromatic carboxylic acids is 1. The Morgan fingerprint density at radius 3 is 2.21 bits per heavy atom. The Hall–Kier alpha value is -2.69. The molecule has 0 bridgehead atoms. The summed E-state index contributed by atoms with van der Waals surface area (Å²) in [6, 6.07) is 12.6. The standard InChI is InChI=1S/C19H23NO4/c1-19(2,14-7-10-16(23-3)17(11-14)24-4)12-20-15-8-5-13(6-9-15)18(21)22/h5-11,20H,12H2,1-4H3,(H,21,22). The Bertz CT molecular complexity index is 708. The summed E-state index contributed by atoms with van der Waals surface area (Å²) >= 11 is 0. The highest BCUT2D eigenvalue weighted by Gasteiger charge is 2.22. The van der Waals surface area contributed by atoms with Crippen molar-refractivity contribution in [1.82, 2.24) is 0 Å². The molecule has 2 rings (SSSR count). The highest BCUT2D eigenvalue weighted by atomic mass is 16.5. The molecular weight excluding hydrogens is 306 g/mol. The molecule has 0 aromatic heterocycles. The number of nitrogens with one attached hydrogen (secondary N) is 1. The SMILES string of the molecule is COc1ccc(C(C)(C)CNc2ccc(C(=O)O)cc2)cc1OC. The number of carbonyl (C=O) groups is 1. The normalized spacial score (nSPS) is 11.0. The quantitative estimate of drug-likeness (QED) is 0.809. The highest BCUT2D eigenvalue weighted by Crippen LogP contribution is 2.33. The molecule has 0 amide bonds. The van der Waals surface area contributed by atoms with Gasteiger partial charge in [0.15, 0.2) is 11.5 Å². The summed E-state index contributed by atoms with van der Waals surface area (Å²) in [4.78, 5) is 10.9. The zero-order valence-electron chi connectivity index (χ0n) is 14.4. The summed E-state index contributed by atoms with van der Waals surface area (Å²) < 4.78 is 10.6. The minimum absolute atomic E-state index is 0.148. The number of methoxy groups -OCH3 is 2. The van der Waals surface area contributed by atoms with Crippen LogP contribution in [0.15, 0.2) is 42.5 Å². The van der Waals surface area contributed by atoms with Crippen LogP contribution in [-0.2, 0) is 5.41 Å². The van der Waals surface area contributed by atoms with Crippen LogP contribution in [0.25, 0.3) is 0 Å². The summed E-state index contributed by atoms with van der Waals surface area (Å²) in [6.45, 7) is 4.95. The van der Waals surface area contributed by atoms with E-state index in [1.54, 1.807) is 38.5 Å². The predicted molar refractivity (Wildman–Crippen MR) is 94.5 cm³/mol. The summed E-state index contributed by atoms with van der Waals surface area (Å²) in [6.07, 6.45) is 0. The molecule has 0 saturated carbocycles. The smallest absolute Gasteiger partial charge is 0.335 e. The number of hydrogen-bond donors (Lipinski definition) is 2. The van der Waals surface area contributed by atoms with Crippen LogP contribution in [0.1, 0.15) is 29.8 Å². The summed E-state index contributed by atoms with van der Waals surface area (Å²) in [5.74, 6) is 0.482. The molecule has 0 saturated heterocycles. The van der Waals surface area contributed by atoms with Crippen LogP contribution in [0, 0.1) is 0 Å². The molecule has 0 heterocycles. The summed E-state index contributed by atoms with van der Waals surface area (Å²) in [5, 5.41) is 12.3. The first-order valence-corrected chi connectivity index (χ1v) is 7.67. The van der Waals surface area contributed by atoms with Crippen molar-refractivity contribution in [3.05, 3.63) is 53.6 Å². The van der Waals surface area contributed by atoms with E-state index in [1.807, 2.05) is 18.2 Å².